The van der Waals surface area contributed by atoms with Crippen LogP contribution in [0.5, 0.6) is 5.75 Å². The van der Waals surface area contributed by atoms with E-state index in [2.05, 4.69) is 20.6 Å². The van der Waals surface area contributed by atoms with Gasteiger partial charge >= 0.3 is 0 Å². The highest BCUT2D eigenvalue weighted by Crippen LogP contribution is 2.28. The molecule has 3 heterocycles. The summed E-state index contributed by atoms with van der Waals surface area (Å²) in [5.41, 5.74) is 1.75. The first kappa shape index (κ1) is 20.2. The number of ether oxygens (including phenoxy) is 1. The second-order valence-corrected chi connectivity index (χ2v) is 9.42. The Labute approximate surface area is 188 Å². The first-order valence-corrected chi connectivity index (χ1v) is 11.5. The van der Waals surface area contributed by atoms with Gasteiger partial charge in [0.2, 0.25) is 0 Å². The van der Waals surface area contributed by atoms with Crippen molar-refractivity contribution in [1.29, 1.82) is 0 Å². The molecule has 2 amide bonds. The SMILES string of the molecule is O=C(NC1CCC(NC(=O)C2Cc3ccncc3O2)CC1)c1nc2cc(Cl)ccc2s1. The zero-order valence-corrected chi connectivity index (χ0v) is 18.2. The normalized spacial score (nSPS) is 22.5. The van der Waals surface area contributed by atoms with Gasteiger partial charge in [-0.15, -0.1) is 11.3 Å². The molecule has 3 aromatic rings. The number of hydrogen-bond donors (Lipinski definition) is 2. The summed E-state index contributed by atoms with van der Waals surface area (Å²) in [5.74, 6) is 0.443. The van der Waals surface area contributed by atoms with Crippen LogP contribution in [-0.2, 0) is 11.2 Å². The number of benzene rings is 1. The van der Waals surface area contributed by atoms with Crippen LogP contribution in [0.2, 0.25) is 5.02 Å². The van der Waals surface area contributed by atoms with Gasteiger partial charge < -0.3 is 15.4 Å². The van der Waals surface area contributed by atoms with E-state index < -0.39 is 6.10 Å². The third kappa shape index (κ3) is 4.36. The van der Waals surface area contributed by atoms with Gasteiger partial charge in [0.05, 0.1) is 16.4 Å². The number of carbonyl (C=O) groups excluding carboxylic acids is 2. The summed E-state index contributed by atoms with van der Waals surface area (Å²) in [5, 5.41) is 7.24. The zero-order chi connectivity index (χ0) is 21.4. The third-order valence-electron chi connectivity index (χ3n) is 5.79. The van der Waals surface area contributed by atoms with E-state index in [1.54, 1.807) is 24.5 Å². The van der Waals surface area contributed by atoms with Crippen molar-refractivity contribution in [3.63, 3.8) is 0 Å². The van der Waals surface area contributed by atoms with Gasteiger partial charge in [-0.2, -0.15) is 0 Å². The average molecular weight is 457 g/mol. The van der Waals surface area contributed by atoms with E-state index >= 15 is 0 Å². The van der Waals surface area contributed by atoms with E-state index in [1.807, 2.05) is 12.1 Å². The zero-order valence-electron chi connectivity index (χ0n) is 16.6. The van der Waals surface area contributed by atoms with Crippen LogP contribution in [0, 0.1) is 0 Å². The van der Waals surface area contributed by atoms with Crippen molar-refractivity contribution in [3.8, 4) is 5.75 Å². The Hall–Kier alpha value is -2.71. The molecule has 2 aromatic heterocycles. The molecule has 160 valence electrons. The maximum atomic E-state index is 12.6. The molecule has 2 N–H and O–H groups in total. The number of amides is 2. The van der Waals surface area contributed by atoms with Gasteiger partial charge in [-0.1, -0.05) is 11.6 Å². The number of carbonyl (C=O) groups is 2. The van der Waals surface area contributed by atoms with Gasteiger partial charge in [0.1, 0.15) is 5.75 Å². The number of halogens is 1. The van der Waals surface area contributed by atoms with Crippen molar-refractivity contribution >= 4 is 45.0 Å². The van der Waals surface area contributed by atoms with Crippen LogP contribution in [0.25, 0.3) is 10.2 Å². The largest absolute Gasteiger partial charge is 0.478 e. The van der Waals surface area contributed by atoms with E-state index in [9.17, 15) is 9.59 Å². The molecule has 2 aliphatic rings. The van der Waals surface area contributed by atoms with Crippen molar-refractivity contribution in [2.75, 3.05) is 0 Å². The van der Waals surface area contributed by atoms with Crippen molar-refractivity contribution in [2.45, 2.75) is 50.3 Å². The van der Waals surface area contributed by atoms with E-state index in [1.165, 1.54) is 11.3 Å². The molecule has 7 nitrogen and oxygen atoms in total. The molecule has 1 saturated carbocycles. The highest BCUT2D eigenvalue weighted by Gasteiger charge is 2.32. The number of pyridine rings is 1. The predicted octanol–water partition coefficient (Wildman–Crippen LogP) is 3.51. The van der Waals surface area contributed by atoms with Crippen LogP contribution in [0.1, 0.15) is 41.0 Å². The summed E-state index contributed by atoms with van der Waals surface area (Å²) >= 11 is 7.36. The first-order chi connectivity index (χ1) is 15.0. The van der Waals surface area contributed by atoms with Crippen molar-refractivity contribution < 1.29 is 14.3 Å². The molecule has 0 radical (unpaired) electrons. The minimum atomic E-state index is -0.496. The van der Waals surface area contributed by atoms with E-state index in [0.717, 1.165) is 41.5 Å². The number of nitrogens with zero attached hydrogens (tertiary/aromatic N) is 2. The summed E-state index contributed by atoms with van der Waals surface area (Å²) in [4.78, 5) is 33.7. The lowest BCUT2D eigenvalue weighted by molar-refractivity contribution is -0.128. The Bertz CT molecular complexity index is 1120. The molecule has 1 unspecified atom stereocenters. The predicted molar refractivity (Wildman–Crippen MR) is 119 cm³/mol. The minimum absolute atomic E-state index is 0.0781. The van der Waals surface area contributed by atoms with Crippen LogP contribution >= 0.6 is 22.9 Å². The molecule has 9 heteroatoms. The molecule has 1 aliphatic carbocycles. The van der Waals surface area contributed by atoms with E-state index in [4.69, 9.17) is 16.3 Å². The lowest BCUT2D eigenvalue weighted by Crippen LogP contribution is -2.47. The molecule has 0 spiro atoms. The van der Waals surface area contributed by atoms with Crippen LogP contribution in [-0.4, -0.2) is 40.0 Å². The molecule has 1 atom stereocenters. The van der Waals surface area contributed by atoms with Gasteiger partial charge in [-0.05, 0) is 49.9 Å². The smallest absolute Gasteiger partial charge is 0.280 e. The Morgan fingerprint density at radius 1 is 1.10 bits per heavy atom. The average Bonchev–Trinajstić information content (AvgIpc) is 3.39. The van der Waals surface area contributed by atoms with Gasteiger partial charge in [0, 0.05) is 35.3 Å². The van der Waals surface area contributed by atoms with Crippen LogP contribution < -0.4 is 15.4 Å². The molecule has 31 heavy (non-hydrogen) atoms. The number of thiazole rings is 1. The summed E-state index contributed by atoms with van der Waals surface area (Å²) in [6, 6.07) is 7.50. The quantitative estimate of drug-likeness (QED) is 0.626. The van der Waals surface area contributed by atoms with Crippen LogP contribution in [0.4, 0.5) is 0 Å². The lowest BCUT2D eigenvalue weighted by atomic mass is 9.91. The summed E-state index contributed by atoms with van der Waals surface area (Å²) in [6.45, 7) is 0. The maximum absolute atomic E-state index is 12.6. The Balaban J connectivity index is 1.11. The number of hydrogen-bond acceptors (Lipinski definition) is 6. The van der Waals surface area contributed by atoms with Crippen molar-refractivity contribution in [2.24, 2.45) is 0 Å². The summed E-state index contributed by atoms with van der Waals surface area (Å²) < 4.78 is 6.66. The van der Waals surface area contributed by atoms with Crippen LogP contribution in [0.15, 0.2) is 36.7 Å². The topological polar surface area (TPSA) is 93.2 Å². The third-order valence-corrected chi connectivity index (χ3v) is 7.06. The number of rotatable bonds is 4. The fraction of sp³-hybridized carbons (Fsp3) is 0.364. The van der Waals surface area contributed by atoms with Gasteiger partial charge in [-0.25, -0.2) is 4.98 Å². The first-order valence-electron chi connectivity index (χ1n) is 10.3. The molecule has 0 saturated heterocycles. The van der Waals surface area contributed by atoms with E-state index in [0.29, 0.717) is 22.2 Å². The number of fused-ring (bicyclic) bond motifs is 2. The van der Waals surface area contributed by atoms with Crippen molar-refractivity contribution in [1.82, 2.24) is 20.6 Å². The van der Waals surface area contributed by atoms with E-state index in [-0.39, 0.29) is 23.9 Å². The van der Waals surface area contributed by atoms with Gasteiger partial charge in [-0.3, -0.25) is 14.6 Å². The molecule has 0 bridgehead atoms. The molecule has 1 aromatic carbocycles. The van der Waals surface area contributed by atoms with Crippen LogP contribution in [0.3, 0.4) is 0 Å². The molecule has 5 rings (SSSR count). The lowest BCUT2D eigenvalue weighted by Gasteiger charge is -2.30. The fourth-order valence-corrected chi connectivity index (χ4v) is 5.16. The molecular formula is C22H21ClN4O3S. The maximum Gasteiger partial charge on any atom is 0.280 e. The molecular weight excluding hydrogens is 436 g/mol. The summed E-state index contributed by atoms with van der Waals surface area (Å²) in [6.07, 6.45) is 6.68. The Morgan fingerprint density at radius 2 is 1.87 bits per heavy atom. The number of aromatic nitrogens is 2. The molecule has 1 aliphatic heterocycles. The minimum Gasteiger partial charge on any atom is -0.478 e. The van der Waals surface area contributed by atoms with Crippen molar-refractivity contribution in [3.05, 3.63) is 52.3 Å². The summed E-state index contributed by atoms with van der Waals surface area (Å²) in [7, 11) is 0. The number of nitrogens with one attached hydrogen (secondary N) is 2. The standard InChI is InChI=1S/C22H21ClN4O3S/c23-13-1-6-19-16(10-13)27-22(31-19)21(29)26-15-4-2-14(3-5-15)25-20(28)17-9-12-7-8-24-11-18(12)30-17/h1,6-8,10-11,14-15,17H,2-5,9H2,(H,25,28)(H,26,29). The Kier molecular flexibility index (Phi) is 5.50. The fourth-order valence-electron chi connectivity index (χ4n) is 4.15. The Morgan fingerprint density at radius 3 is 2.65 bits per heavy atom. The second kappa shape index (κ2) is 8.43. The van der Waals surface area contributed by atoms with Gasteiger partial charge in [0.15, 0.2) is 11.1 Å². The highest BCUT2D eigenvalue weighted by molar-refractivity contribution is 7.20. The monoisotopic (exact) mass is 456 g/mol. The van der Waals surface area contributed by atoms with Gasteiger partial charge in [0.25, 0.3) is 11.8 Å². The molecule has 1 fully saturated rings. The second-order valence-electron chi connectivity index (χ2n) is 7.96. The highest BCUT2D eigenvalue weighted by atomic mass is 35.5.